The largest absolute Gasteiger partial charge is 0.399 e. The van der Waals surface area contributed by atoms with Crippen LogP contribution in [0.5, 0.6) is 0 Å². The molecule has 4 nitrogen and oxygen atoms in total. The minimum absolute atomic E-state index is 0. The third kappa shape index (κ3) is 5.39. The Kier molecular flexibility index (Phi) is 7.41. The number of nitrogen functional groups attached to an aromatic ring is 1. The van der Waals surface area contributed by atoms with Crippen LogP contribution in [0.2, 0.25) is 0 Å². The van der Waals surface area contributed by atoms with Crippen molar-refractivity contribution in [3.63, 3.8) is 0 Å². The van der Waals surface area contributed by atoms with Gasteiger partial charge in [0.25, 0.3) is 5.91 Å². The van der Waals surface area contributed by atoms with Crippen molar-refractivity contribution in [3.8, 4) is 0 Å². The molecule has 1 aromatic carbocycles. The number of anilines is 1. The van der Waals surface area contributed by atoms with Gasteiger partial charge in [0, 0.05) is 17.8 Å². The third-order valence-corrected chi connectivity index (χ3v) is 3.47. The first-order chi connectivity index (χ1) is 9.25. The van der Waals surface area contributed by atoms with Gasteiger partial charge < -0.3 is 15.8 Å². The van der Waals surface area contributed by atoms with E-state index in [1.807, 2.05) is 0 Å². The number of nitrogens with one attached hydrogen (secondary N) is 1. The van der Waals surface area contributed by atoms with Crippen molar-refractivity contribution >= 4 is 24.0 Å². The van der Waals surface area contributed by atoms with Gasteiger partial charge >= 0.3 is 0 Å². The van der Waals surface area contributed by atoms with Gasteiger partial charge in [0.1, 0.15) is 0 Å². The number of halogens is 1. The standard InChI is InChI=1S/C15H22N2O2.ClH/c16-13-8-6-12(7-9-13)15(18)17-10-11-19-14-4-2-1-3-5-14;/h6-9,14H,1-5,10-11,16H2,(H,17,18);1H. The molecule has 0 aromatic heterocycles. The fourth-order valence-electron chi connectivity index (χ4n) is 2.36. The lowest BCUT2D eigenvalue weighted by molar-refractivity contribution is 0.0299. The molecule has 1 aliphatic rings. The summed E-state index contributed by atoms with van der Waals surface area (Å²) in [5.41, 5.74) is 6.87. The van der Waals surface area contributed by atoms with Crippen LogP contribution in [0.15, 0.2) is 24.3 Å². The highest BCUT2D eigenvalue weighted by molar-refractivity contribution is 5.94. The number of benzene rings is 1. The lowest BCUT2D eigenvalue weighted by atomic mass is 9.98. The molecular formula is C15H23ClN2O2. The third-order valence-electron chi connectivity index (χ3n) is 3.47. The highest BCUT2D eigenvalue weighted by Gasteiger charge is 2.13. The molecule has 0 bridgehead atoms. The highest BCUT2D eigenvalue weighted by Crippen LogP contribution is 2.19. The Bertz CT molecular complexity index is 403. The van der Waals surface area contributed by atoms with Crippen LogP contribution in [0.1, 0.15) is 42.5 Å². The zero-order valence-corrected chi connectivity index (χ0v) is 12.5. The minimum atomic E-state index is -0.0766. The Morgan fingerprint density at radius 3 is 2.50 bits per heavy atom. The quantitative estimate of drug-likeness (QED) is 0.649. The van der Waals surface area contributed by atoms with Crippen LogP contribution < -0.4 is 11.1 Å². The Morgan fingerprint density at radius 1 is 1.20 bits per heavy atom. The summed E-state index contributed by atoms with van der Waals surface area (Å²) in [6.07, 6.45) is 6.57. The molecule has 2 rings (SSSR count). The van der Waals surface area contributed by atoms with Gasteiger partial charge in [0.15, 0.2) is 0 Å². The molecule has 1 aromatic rings. The Morgan fingerprint density at radius 2 is 1.85 bits per heavy atom. The fraction of sp³-hybridized carbons (Fsp3) is 0.533. The predicted octanol–water partition coefficient (Wildman–Crippen LogP) is 2.77. The van der Waals surface area contributed by atoms with Gasteiger partial charge in [-0.15, -0.1) is 12.4 Å². The van der Waals surface area contributed by atoms with Crippen LogP contribution in [-0.2, 0) is 4.74 Å². The number of carbonyl (C=O) groups excluding carboxylic acids is 1. The first kappa shape index (κ1) is 16.8. The summed E-state index contributed by atoms with van der Waals surface area (Å²) >= 11 is 0. The fourth-order valence-corrected chi connectivity index (χ4v) is 2.36. The molecule has 1 saturated carbocycles. The average molecular weight is 299 g/mol. The summed E-state index contributed by atoms with van der Waals surface area (Å²) in [7, 11) is 0. The van der Waals surface area contributed by atoms with Gasteiger partial charge in [-0.3, -0.25) is 4.79 Å². The molecular weight excluding hydrogens is 276 g/mol. The van der Waals surface area contributed by atoms with Gasteiger partial charge in [-0.05, 0) is 37.1 Å². The van der Waals surface area contributed by atoms with E-state index in [2.05, 4.69) is 5.32 Å². The number of ether oxygens (including phenoxy) is 1. The lowest BCUT2D eigenvalue weighted by Gasteiger charge is -2.21. The van der Waals surface area contributed by atoms with E-state index >= 15 is 0 Å². The molecule has 1 fully saturated rings. The Balaban J connectivity index is 0.00000200. The second kappa shape index (κ2) is 8.82. The van der Waals surface area contributed by atoms with Gasteiger partial charge in [-0.25, -0.2) is 0 Å². The number of nitrogens with two attached hydrogens (primary N) is 1. The monoisotopic (exact) mass is 298 g/mol. The maximum absolute atomic E-state index is 11.8. The molecule has 0 aliphatic heterocycles. The van der Waals surface area contributed by atoms with Gasteiger partial charge in [-0.1, -0.05) is 19.3 Å². The molecule has 3 N–H and O–H groups in total. The van der Waals surface area contributed by atoms with E-state index < -0.39 is 0 Å². The van der Waals surface area contributed by atoms with Crippen molar-refractivity contribution in [2.45, 2.75) is 38.2 Å². The molecule has 0 spiro atoms. The van der Waals surface area contributed by atoms with E-state index in [1.165, 1.54) is 19.3 Å². The maximum Gasteiger partial charge on any atom is 0.251 e. The van der Waals surface area contributed by atoms with Crippen LogP contribution in [0, 0.1) is 0 Å². The topological polar surface area (TPSA) is 64.4 Å². The summed E-state index contributed by atoms with van der Waals surface area (Å²) in [5.74, 6) is -0.0766. The Hall–Kier alpha value is -1.26. The second-order valence-corrected chi connectivity index (χ2v) is 5.01. The van der Waals surface area contributed by atoms with Gasteiger partial charge in [0.2, 0.25) is 0 Å². The second-order valence-electron chi connectivity index (χ2n) is 5.01. The average Bonchev–Trinajstić information content (AvgIpc) is 2.45. The van der Waals surface area contributed by atoms with Gasteiger partial charge in [0.05, 0.1) is 12.7 Å². The molecule has 20 heavy (non-hydrogen) atoms. The molecule has 5 heteroatoms. The van der Waals surface area contributed by atoms with Crippen LogP contribution in [-0.4, -0.2) is 25.2 Å². The summed E-state index contributed by atoms with van der Waals surface area (Å²) < 4.78 is 5.75. The first-order valence-electron chi connectivity index (χ1n) is 7.01. The number of rotatable bonds is 5. The van der Waals surface area contributed by atoms with Crippen molar-refractivity contribution in [2.24, 2.45) is 0 Å². The van der Waals surface area contributed by atoms with E-state index in [-0.39, 0.29) is 18.3 Å². The SMILES string of the molecule is Cl.Nc1ccc(C(=O)NCCOC2CCCCC2)cc1. The molecule has 0 radical (unpaired) electrons. The summed E-state index contributed by atoms with van der Waals surface area (Å²) in [6, 6.07) is 6.92. The molecule has 0 saturated heterocycles. The lowest BCUT2D eigenvalue weighted by Crippen LogP contribution is -2.29. The maximum atomic E-state index is 11.8. The van der Waals surface area contributed by atoms with E-state index in [0.717, 1.165) is 12.8 Å². The molecule has 0 unspecified atom stereocenters. The van der Waals surface area contributed by atoms with Crippen molar-refractivity contribution in [1.82, 2.24) is 5.32 Å². The first-order valence-corrected chi connectivity index (χ1v) is 7.01. The Labute approximate surface area is 126 Å². The van der Waals surface area contributed by atoms with Crippen LogP contribution in [0.25, 0.3) is 0 Å². The smallest absolute Gasteiger partial charge is 0.251 e. The molecule has 112 valence electrons. The van der Waals surface area contributed by atoms with Crippen molar-refractivity contribution in [2.75, 3.05) is 18.9 Å². The summed E-state index contributed by atoms with van der Waals surface area (Å²) in [5, 5.41) is 2.85. The number of carbonyl (C=O) groups is 1. The zero-order valence-electron chi connectivity index (χ0n) is 11.6. The zero-order chi connectivity index (χ0) is 13.5. The van der Waals surface area contributed by atoms with Gasteiger partial charge in [-0.2, -0.15) is 0 Å². The van der Waals surface area contributed by atoms with Crippen LogP contribution >= 0.6 is 12.4 Å². The highest BCUT2D eigenvalue weighted by atomic mass is 35.5. The summed E-state index contributed by atoms with van der Waals surface area (Å²) in [4.78, 5) is 11.8. The number of amides is 1. The van der Waals surface area contributed by atoms with E-state index in [0.29, 0.717) is 30.5 Å². The number of hydrogen-bond acceptors (Lipinski definition) is 3. The predicted molar refractivity (Wildman–Crippen MR) is 83.3 cm³/mol. The van der Waals surface area contributed by atoms with Crippen LogP contribution in [0.3, 0.4) is 0 Å². The minimum Gasteiger partial charge on any atom is -0.399 e. The summed E-state index contributed by atoms with van der Waals surface area (Å²) in [6.45, 7) is 1.14. The van der Waals surface area contributed by atoms with E-state index in [1.54, 1.807) is 24.3 Å². The molecule has 0 heterocycles. The molecule has 1 amide bonds. The van der Waals surface area contributed by atoms with Crippen molar-refractivity contribution in [1.29, 1.82) is 0 Å². The van der Waals surface area contributed by atoms with E-state index in [4.69, 9.17) is 10.5 Å². The van der Waals surface area contributed by atoms with E-state index in [9.17, 15) is 4.79 Å². The van der Waals surface area contributed by atoms with Crippen molar-refractivity contribution < 1.29 is 9.53 Å². The normalized spacial score (nSPS) is 15.4. The molecule has 0 atom stereocenters. The van der Waals surface area contributed by atoms with Crippen molar-refractivity contribution in [3.05, 3.63) is 29.8 Å². The molecule has 1 aliphatic carbocycles. The number of hydrogen-bond donors (Lipinski definition) is 2. The van der Waals surface area contributed by atoms with Crippen LogP contribution in [0.4, 0.5) is 5.69 Å².